The maximum absolute atomic E-state index is 2.45. The molecule has 0 spiro atoms. The molecule has 0 atom stereocenters. The minimum atomic E-state index is 0.823. The van der Waals surface area contributed by atoms with Crippen LogP contribution in [0.2, 0.25) is 0 Å². The second kappa shape index (κ2) is 24.7. The van der Waals surface area contributed by atoms with Crippen LogP contribution in [0, 0.1) is 5.92 Å². The zero-order valence-corrected chi connectivity index (χ0v) is 28.5. The Morgan fingerprint density at radius 1 is 0.425 bits per heavy atom. The van der Waals surface area contributed by atoms with Crippen LogP contribution in [0.1, 0.15) is 153 Å². The van der Waals surface area contributed by atoms with Crippen molar-refractivity contribution in [2.45, 2.75) is 153 Å². The fourth-order valence-electron chi connectivity index (χ4n) is 4.58. The summed E-state index contributed by atoms with van der Waals surface area (Å²) in [4.78, 5) is 0. The van der Waals surface area contributed by atoms with E-state index < -0.39 is 0 Å². The van der Waals surface area contributed by atoms with Crippen molar-refractivity contribution in [3.8, 4) is 0 Å². The maximum atomic E-state index is 2.45. The number of hydrogen-bond acceptors (Lipinski definition) is 0. The van der Waals surface area contributed by atoms with Crippen LogP contribution in [0.15, 0.2) is 93.7 Å². The second-order valence-electron chi connectivity index (χ2n) is 12.9. The molecule has 0 rings (SSSR count). The van der Waals surface area contributed by atoms with Crippen molar-refractivity contribution in [3.63, 3.8) is 0 Å². The molecule has 0 heteroatoms. The van der Waals surface area contributed by atoms with Gasteiger partial charge in [0.1, 0.15) is 0 Å². The molecule has 0 nitrogen and oxygen atoms in total. The Morgan fingerprint density at radius 2 is 0.750 bits per heavy atom. The predicted molar refractivity (Wildman–Crippen MR) is 186 cm³/mol. The molecule has 40 heavy (non-hydrogen) atoms. The lowest BCUT2D eigenvalue weighted by Gasteiger charge is -2.05. The maximum Gasteiger partial charge on any atom is -0.0285 e. The Hall–Kier alpha value is -2.08. The average molecular weight is 547 g/mol. The van der Waals surface area contributed by atoms with Crippen LogP contribution in [0.25, 0.3) is 0 Å². The molecular formula is C40H66. The molecule has 0 unspecified atom stereocenters. The lowest BCUT2D eigenvalue weighted by molar-refractivity contribution is 0.554. The van der Waals surface area contributed by atoms with Gasteiger partial charge in [-0.3, -0.25) is 0 Å². The Kier molecular flexibility index (Phi) is 23.4. The normalized spacial score (nSPS) is 14.6. The van der Waals surface area contributed by atoms with Crippen LogP contribution in [0.5, 0.6) is 0 Å². The van der Waals surface area contributed by atoms with Crippen LogP contribution < -0.4 is 0 Å². The minimum absolute atomic E-state index is 0.823. The lowest BCUT2D eigenvalue weighted by atomic mass is 10.0. The summed E-state index contributed by atoms with van der Waals surface area (Å²) in [5, 5.41) is 0. The Morgan fingerprint density at radius 3 is 1.10 bits per heavy atom. The predicted octanol–water partition coefficient (Wildman–Crippen LogP) is 13.9. The fourth-order valence-corrected chi connectivity index (χ4v) is 4.58. The van der Waals surface area contributed by atoms with Gasteiger partial charge in [-0.15, -0.1) is 0 Å². The third kappa shape index (κ3) is 26.2. The molecular weight excluding hydrogens is 480 g/mol. The first kappa shape index (κ1) is 37.9. The highest BCUT2D eigenvalue weighted by molar-refractivity contribution is 5.19. The molecule has 0 saturated heterocycles. The Labute approximate surface area is 251 Å². The van der Waals surface area contributed by atoms with Gasteiger partial charge < -0.3 is 0 Å². The average Bonchev–Trinajstić information content (AvgIpc) is 2.86. The summed E-state index contributed by atoms with van der Waals surface area (Å²) in [5.41, 5.74) is 10.4. The quantitative estimate of drug-likeness (QED) is 0.0991. The highest BCUT2D eigenvalue weighted by Crippen LogP contribution is 2.16. The van der Waals surface area contributed by atoms with Gasteiger partial charge in [0.05, 0.1) is 0 Å². The summed E-state index contributed by atoms with van der Waals surface area (Å²) >= 11 is 0. The van der Waals surface area contributed by atoms with E-state index in [9.17, 15) is 0 Å². The monoisotopic (exact) mass is 547 g/mol. The fraction of sp³-hybridized carbons (Fsp3) is 0.600. The van der Waals surface area contributed by atoms with Crippen LogP contribution >= 0.6 is 0 Å². The largest absolute Gasteiger partial charge is 0.0856 e. The van der Waals surface area contributed by atoms with Crippen molar-refractivity contribution in [3.05, 3.63) is 93.7 Å². The smallest absolute Gasteiger partial charge is 0.0285 e. The third-order valence-electron chi connectivity index (χ3n) is 7.44. The summed E-state index contributed by atoms with van der Waals surface area (Å²) in [6.07, 6.45) is 36.6. The minimum Gasteiger partial charge on any atom is -0.0856 e. The zero-order valence-electron chi connectivity index (χ0n) is 28.5. The summed E-state index contributed by atoms with van der Waals surface area (Å²) in [5.74, 6) is 0.823. The van der Waals surface area contributed by atoms with Crippen LogP contribution in [0.4, 0.5) is 0 Å². The summed E-state index contributed by atoms with van der Waals surface area (Å²) in [7, 11) is 0. The van der Waals surface area contributed by atoms with Gasteiger partial charge in [0, 0.05) is 0 Å². The lowest BCUT2D eigenvalue weighted by Crippen LogP contribution is -1.88. The SMILES string of the molecule is CC(C)=CCC/C(C)=C/CC/C(C)=C/CC/C(C)=C/C=C/C=C(\C)CC/C=C(\C)CC/C=C(\C)CCCC(C)C. The van der Waals surface area contributed by atoms with Gasteiger partial charge in [-0.05, 0) is 138 Å². The van der Waals surface area contributed by atoms with Gasteiger partial charge in [0.25, 0.3) is 0 Å². The van der Waals surface area contributed by atoms with Gasteiger partial charge in [0.15, 0.2) is 0 Å². The molecule has 0 N–H and O–H groups in total. The van der Waals surface area contributed by atoms with E-state index in [1.54, 1.807) is 5.57 Å². The van der Waals surface area contributed by atoms with Crippen molar-refractivity contribution in [2.75, 3.05) is 0 Å². The molecule has 0 aromatic carbocycles. The molecule has 0 heterocycles. The summed E-state index contributed by atoms with van der Waals surface area (Å²) < 4.78 is 0. The Balaban J connectivity index is 4.25. The van der Waals surface area contributed by atoms with E-state index in [1.807, 2.05) is 0 Å². The third-order valence-corrected chi connectivity index (χ3v) is 7.44. The van der Waals surface area contributed by atoms with E-state index in [4.69, 9.17) is 0 Å². The van der Waals surface area contributed by atoms with Crippen LogP contribution in [-0.4, -0.2) is 0 Å². The van der Waals surface area contributed by atoms with Crippen molar-refractivity contribution in [1.82, 2.24) is 0 Å². The molecule has 0 aromatic heterocycles. The van der Waals surface area contributed by atoms with E-state index in [2.05, 4.69) is 124 Å². The van der Waals surface area contributed by atoms with E-state index in [0.29, 0.717) is 0 Å². The molecule has 0 aliphatic heterocycles. The Bertz CT molecular complexity index is 913. The van der Waals surface area contributed by atoms with E-state index in [0.717, 1.165) is 38.0 Å². The number of allylic oxidation sites excluding steroid dienone is 16. The second-order valence-corrected chi connectivity index (χ2v) is 12.9. The molecule has 0 aromatic rings. The first-order valence-corrected chi connectivity index (χ1v) is 16.2. The number of rotatable bonds is 21. The zero-order chi connectivity index (χ0) is 30.2. The van der Waals surface area contributed by atoms with Gasteiger partial charge >= 0.3 is 0 Å². The van der Waals surface area contributed by atoms with Crippen LogP contribution in [0.3, 0.4) is 0 Å². The van der Waals surface area contributed by atoms with Crippen LogP contribution in [-0.2, 0) is 0 Å². The van der Waals surface area contributed by atoms with Gasteiger partial charge in [-0.1, -0.05) is 114 Å². The summed E-state index contributed by atoms with van der Waals surface area (Å²) in [6.45, 7) is 22.6. The number of hydrogen-bond donors (Lipinski definition) is 0. The molecule has 226 valence electrons. The molecule has 0 aliphatic carbocycles. The highest BCUT2D eigenvalue weighted by atomic mass is 14.0. The van der Waals surface area contributed by atoms with Crippen molar-refractivity contribution >= 4 is 0 Å². The topological polar surface area (TPSA) is 0 Å². The van der Waals surface area contributed by atoms with E-state index in [1.165, 1.54) is 84.8 Å². The van der Waals surface area contributed by atoms with Crippen molar-refractivity contribution in [2.24, 2.45) is 5.92 Å². The van der Waals surface area contributed by atoms with Gasteiger partial charge in [0.2, 0.25) is 0 Å². The summed E-state index contributed by atoms with van der Waals surface area (Å²) in [6, 6.07) is 0. The molecule has 0 radical (unpaired) electrons. The van der Waals surface area contributed by atoms with Gasteiger partial charge in [-0.2, -0.15) is 0 Å². The molecule has 0 fully saturated rings. The van der Waals surface area contributed by atoms with Crippen molar-refractivity contribution in [1.29, 1.82) is 0 Å². The van der Waals surface area contributed by atoms with Crippen molar-refractivity contribution < 1.29 is 0 Å². The first-order valence-electron chi connectivity index (χ1n) is 16.2. The van der Waals surface area contributed by atoms with E-state index >= 15 is 0 Å². The molecule has 0 bridgehead atoms. The first-order chi connectivity index (χ1) is 19.0. The molecule has 0 saturated carbocycles. The molecule has 0 amide bonds. The standard InChI is InChI=1S/C40H66/c1-33(2)19-13-23-37(7)27-17-31-39(9)29-15-25-35(5)21-11-12-22-36(6)26-16-30-40(10)32-18-28-38(8)24-14-20-34(3)4/h11-12,19,21-22,27-30,34H,13-18,20,23-26,31-32H2,1-10H3/b12-11+,35-21+,36-22+,37-27+,38-28+,39-29+,40-30+. The van der Waals surface area contributed by atoms with E-state index in [-0.39, 0.29) is 0 Å². The van der Waals surface area contributed by atoms with Gasteiger partial charge in [-0.25, -0.2) is 0 Å². The molecule has 0 aliphatic rings. The highest BCUT2D eigenvalue weighted by Gasteiger charge is 1.97.